The Labute approximate surface area is 77.3 Å². The molecule has 3 aliphatic rings. The maximum atomic E-state index is 11.5. The largest absolute Gasteiger partial charge is 0.370 e. The van der Waals surface area contributed by atoms with E-state index in [0.29, 0.717) is 0 Å². The molecule has 6 unspecified atom stereocenters. The molecule has 4 nitrogen and oxygen atoms in total. The van der Waals surface area contributed by atoms with Crippen LogP contribution >= 0.6 is 0 Å². The zero-order chi connectivity index (χ0) is 9.38. The van der Waals surface area contributed by atoms with Crippen LogP contribution in [-0.2, 0) is 19.0 Å². The second-order valence-electron chi connectivity index (χ2n) is 4.30. The zero-order valence-corrected chi connectivity index (χ0v) is 8.32. The molecule has 2 bridgehead atoms. The minimum Gasteiger partial charge on any atom is -0.370 e. The second kappa shape index (κ2) is 2.10. The van der Waals surface area contributed by atoms with E-state index in [-0.39, 0.29) is 30.1 Å². The first kappa shape index (κ1) is 8.20. The van der Waals surface area contributed by atoms with Crippen molar-refractivity contribution in [3.8, 4) is 0 Å². The molecule has 0 radical (unpaired) electrons. The molecule has 13 heavy (non-hydrogen) atoms. The van der Waals surface area contributed by atoms with Crippen LogP contribution in [0.5, 0.6) is 0 Å². The summed E-state index contributed by atoms with van der Waals surface area (Å²) in [6, 6.07) is 0. The van der Waals surface area contributed by atoms with Crippen molar-refractivity contribution in [3.05, 3.63) is 0 Å². The Morgan fingerprint density at radius 3 is 2.31 bits per heavy atom. The van der Waals surface area contributed by atoms with E-state index in [4.69, 9.17) is 8.92 Å². The SMILES string of the molecule is CC1C2OC3C1OS(=O)(=O)C3C2C. The molecular formula is C8H12O4S. The van der Waals surface area contributed by atoms with E-state index in [1.165, 1.54) is 0 Å². The van der Waals surface area contributed by atoms with Crippen LogP contribution in [0.15, 0.2) is 0 Å². The molecule has 0 aromatic heterocycles. The number of hydrogen-bond donors (Lipinski definition) is 0. The van der Waals surface area contributed by atoms with Gasteiger partial charge in [0.05, 0.1) is 6.10 Å². The van der Waals surface area contributed by atoms with Gasteiger partial charge < -0.3 is 4.74 Å². The van der Waals surface area contributed by atoms with Gasteiger partial charge in [-0.05, 0) is 0 Å². The van der Waals surface area contributed by atoms with E-state index >= 15 is 0 Å². The van der Waals surface area contributed by atoms with Crippen molar-refractivity contribution < 1.29 is 17.3 Å². The van der Waals surface area contributed by atoms with Gasteiger partial charge in [0.2, 0.25) is 0 Å². The Morgan fingerprint density at radius 2 is 1.69 bits per heavy atom. The average molecular weight is 204 g/mol. The van der Waals surface area contributed by atoms with Crippen molar-refractivity contribution in [3.63, 3.8) is 0 Å². The fourth-order valence-electron chi connectivity index (χ4n) is 3.01. The number of ether oxygens (including phenoxy) is 1. The fourth-order valence-corrected chi connectivity index (χ4v) is 4.96. The van der Waals surface area contributed by atoms with Gasteiger partial charge in [0.25, 0.3) is 10.1 Å². The molecule has 3 fully saturated rings. The quantitative estimate of drug-likeness (QED) is 0.526. The van der Waals surface area contributed by atoms with Crippen LogP contribution in [0.3, 0.4) is 0 Å². The number of fused-ring (bicyclic) bond motifs is 1. The first-order valence-corrected chi connectivity index (χ1v) is 6.07. The van der Waals surface area contributed by atoms with Gasteiger partial charge in [0.15, 0.2) is 0 Å². The fraction of sp³-hybridized carbons (Fsp3) is 1.00. The van der Waals surface area contributed by atoms with Crippen LogP contribution < -0.4 is 0 Å². The molecule has 74 valence electrons. The first-order chi connectivity index (χ1) is 6.02. The summed E-state index contributed by atoms with van der Waals surface area (Å²) in [6.45, 7) is 3.94. The van der Waals surface area contributed by atoms with Gasteiger partial charge in [-0.25, -0.2) is 0 Å². The summed E-state index contributed by atoms with van der Waals surface area (Å²) >= 11 is 0. The van der Waals surface area contributed by atoms with E-state index in [0.717, 1.165) is 0 Å². The summed E-state index contributed by atoms with van der Waals surface area (Å²) in [5.74, 6) is 0.303. The Morgan fingerprint density at radius 1 is 1.00 bits per heavy atom. The third kappa shape index (κ3) is 0.765. The Bertz CT molecular complexity index is 349. The lowest BCUT2D eigenvalue weighted by molar-refractivity contribution is 0.0754. The normalized spacial score (nSPS) is 61.7. The molecule has 0 saturated carbocycles. The smallest absolute Gasteiger partial charge is 0.273 e. The van der Waals surface area contributed by atoms with Crippen molar-refractivity contribution in [1.82, 2.24) is 0 Å². The summed E-state index contributed by atoms with van der Waals surface area (Å²) in [6.07, 6.45) is -0.325. The number of rotatable bonds is 0. The van der Waals surface area contributed by atoms with E-state index in [1.807, 2.05) is 13.8 Å². The molecule has 0 amide bonds. The standard InChI is InChI=1S/C8H12O4S/c1-3-5-4(2)8-7(11-5)6(3)12-13(8,9)10/h3-8H,1-2H3. The lowest BCUT2D eigenvalue weighted by atomic mass is 9.81. The van der Waals surface area contributed by atoms with E-state index in [1.54, 1.807) is 0 Å². The topological polar surface area (TPSA) is 52.6 Å². The molecule has 0 aromatic rings. The van der Waals surface area contributed by atoms with Crippen LogP contribution in [0.4, 0.5) is 0 Å². The maximum Gasteiger partial charge on any atom is 0.273 e. The minimum absolute atomic E-state index is 0.0808. The molecular weight excluding hydrogens is 192 g/mol. The first-order valence-electron chi connectivity index (χ1n) is 4.60. The third-order valence-electron chi connectivity index (χ3n) is 3.61. The predicted molar refractivity (Wildman–Crippen MR) is 44.6 cm³/mol. The molecule has 3 heterocycles. The van der Waals surface area contributed by atoms with Crippen molar-refractivity contribution >= 4 is 10.1 Å². The van der Waals surface area contributed by atoms with Gasteiger partial charge in [-0.15, -0.1) is 0 Å². The average Bonchev–Trinajstić information content (AvgIpc) is 2.54. The van der Waals surface area contributed by atoms with Gasteiger partial charge in [0, 0.05) is 11.8 Å². The van der Waals surface area contributed by atoms with E-state index in [9.17, 15) is 8.42 Å². The van der Waals surface area contributed by atoms with Gasteiger partial charge in [-0.1, -0.05) is 13.8 Å². The van der Waals surface area contributed by atoms with Crippen LogP contribution in [0.2, 0.25) is 0 Å². The van der Waals surface area contributed by atoms with Crippen molar-refractivity contribution in [1.29, 1.82) is 0 Å². The van der Waals surface area contributed by atoms with Crippen LogP contribution in [-0.4, -0.2) is 32.0 Å². The monoisotopic (exact) mass is 204 g/mol. The molecule has 3 aliphatic heterocycles. The summed E-state index contributed by atoms with van der Waals surface area (Å²) < 4.78 is 33.7. The molecule has 5 heteroatoms. The van der Waals surface area contributed by atoms with Gasteiger partial charge in [0.1, 0.15) is 17.5 Å². The molecule has 6 atom stereocenters. The predicted octanol–water partition coefficient (Wildman–Crippen LogP) is 0.137. The van der Waals surface area contributed by atoms with Crippen LogP contribution in [0, 0.1) is 11.8 Å². The van der Waals surface area contributed by atoms with Crippen molar-refractivity contribution in [2.45, 2.75) is 37.4 Å². The molecule has 0 spiro atoms. The lowest BCUT2D eigenvalue weighted by Crippen LogP contribution is -2.38. The van der Waals surface area contributed by atoms with Gasteiger partial charge in [-0.2, -0.15) is 8.42 Å². The molecule has 0 N–H and O–H groups in total. The Balaban J connectivity index is 2.14. The second-order valence-corrected chi connectivity index (χ2v) is 6.02. The highest BCUT2D eigenvalue weighted by atomic mass is 32.2. The van der Waals surface area contributed by atoms with Crippen LogP contribution in [0.25, 0.3) is 0 Å². The van der Waals surface area contributed by atoms with Gasteiger partial charge in [-0.3, -0.25) is 4.18 Å². The third-order valence-corrected chi connectivity index (χ3v) is 5.47. The Kier molecular flexibility index (Phi) is 1.32. The maximum absolute atomic E-state index is 11.5. The van der Waals surface area contributed by atoms with E-state index < -0.39 is 15.4 Å². The molecule has 3 rings (SSSR count). The van der Waals surface area contributed by atoms with Crippen molar-refractivity contribution in [2.75, 3.05) is 0 Å². The zero-order valence-electron chi connectivity index (χ0n) is 7.51. The summed E-state index contributed by atoms with van der Waals surface area (Å²) in [5, 5.41) is -0.404. The minimum atomic E-state index is -3.34. The van der Waals surface area contributed by atoms with Crippen LogP contribution in [0.1, 0.15) is 13.8 Å². The lowest BCUT2D eigenvalue weighted by Gasteiger charge is -2.22. The van der Waals surface area contributed by atoms with Crippen molar-refractivity contribution in [2.24, 2.45) is 11.8 Å². The highest BCUT2D eigenvalue weighted by Crippen LogP contribution is 2.52. The van der Waals surface area contributed by atoms with Gasteiger partial charge >= 0.3 is 0 Å². The summed E-state index contributed by atoms with van der Waals surface area (Å²) in [4.78, 5) is 0. The summed E-state index contributed by atoms with van der Waals surface area (Å²) in [7, 11) is -3.34. The highest BCUT2D eigenvalue weighted by molar-refractivity contribution is 7.87. The Hall–Kier alpha value is -0.130. The molecule has 0 aromatic carbocycles. The molecule has 0 aliphatic carbocycles. The van der Waals surface area contributed by atoms with E-state index in [2.05, 4.69) is 0 Å². The summed E-state index contributed by atoms with van der Waals surface area (Å²) in [5.41, 5.74) is 0. The number of hydrogen-bond acceptors (Lipinski definition) is 4. The highest BCUT2D eigenvalue weighted by Gasteiger charge is 2.67. The molecule has 3 saturated heterocycles.